The normalized spacial score (nSPS) is 11.4. The largest absolute Gasteiger partial charge is 0.366 e. The van der Waals surface area contributed by atoms with E-state index < -0.39 is 5.54 Å². The zero-order valence-electron chi connectivity index (χ0n) is 24.6. The fourth-order valence-electron chi connectivity index (χ4n) is 5.81. The summed E-state index contributed by atoms with van der Waals surface area (Å²) in [6.07, 6.45) is 6.53. The molecule has 0 spiro atoms. The Hall–Kier alpha value is -4.54. The Labute approximate surface area is 259 Å². The molecule has 4 heteroatoms. The van der Waals surface area contributed by atoms with E-state index in [2.05, 4.69) is 168 Å². The second kappa shape index (κ2) is 13.6. The van der Waals surface area contributed by atoms with Gasteiger partial charge in [-0.05, 0) is 59.5 Å². The van der Waals surface area contributed by atoms with Crippen LogP contribution in [0.3, 0.4) is 0 Å². The Morgan fingerprint density at radius 1 is 0.628 bits per heavy atom. The highest BCUT2D eigenvalue weighted by Gasteiger charge is 2.38. The van der Waals surface area contributed by atoms with Gasteiger partial charge in [0.15, 0.2) is 0 Å². The van der Waals surface area contributed by atoms with Crippen molar-refractivity contribution in [2.24, 2.45) is 0 Å². The zero-order valence-corrected chi connectivity index (χ0v) is 25.4. The fourth-order valence-corrected chi connectivity index (χ4v) is 6.65. The van der Waals surface area contributed by atoms with E-state index in [-0.39, 0.29) is 0 Å². The van der Waals surface area contributed by atoms with Crippen LogP contribution < -0.4 is 4.90 Å². The Morgan fingerprint density at radius 3 is 1.63 bits per heavy atom. The van der Waals surface area contributed by atoms with Gasteiger partial charge in [0.2, 0.25) is 0 Å². The molecule has 0 aliphatic heterocycles. The number of hydrogen-bond donors (Lipinski definition) is 0. The smallest absolute Gasteiger partial charge is 0.121 e. The molecule has 5 aromatic carbocycles. The number of hydrogen-bond acceptors (Lipinski definition) is 3. The van der Waals surface area contributed by atoms with Crippen LogP contribution in [0.2, 0.25) is 0 Å². The van der Waals surface area contributed by atoms with Gasteiger partial charge in [0, 0.05) is 28.2 Å². The molecule has 6 aromatic rings. The molecule has 0 fully saturated rings. The van der Waals surface area contributed by atoms with Gasteiger partial charge in [-0.1, -0.05) is 134 Å². The first kappa shape index (κ1) is 28.6. The first-order valence-corrected chi connectivity index (χ1v) is 15.9. The number of benzene rings is 5. The van der Waals surface area contributed by atoms with E-state index in [1.807, 2.05) is 6.33 Å². The number of rotatable bonds is 12. The van der Waals surface area contributed by atoms with Gasteiger partial charge in [0.05, 0.1) is 18.6 Å². The third kappa shape index (κ3) is 6.30. The summed E-state index contributed by atoms with van der Waals surface area (Å²) in [4.78, 5) is 9.98. The van der Waals surface area contributed by atoms with Crippen LogP contribution in [-0.4, -0.2) is 16.1 Å². The first-order chi connectivity index (χ1) is 21.3. The SMILES string of the molecule is CCCCN(Cc1cn(C(c2ccccc2)(c2ccccc2)c2ccccc2)cn1)c1ccc(Sc2ccccc2)cc1. The molecule has 0 aliphatic carbocycles. The first-order valence-electron chi connectivity index (χ1n) is 15.0. The molecule has 0 aliphatic rings. The minimum atomic E-state index is -0.556. The van der Waals surface area contributed by atoms with Gasteiger partial charge in [-0.15, -0.1) is 0 Å². The number of aromatic nitrogens is 2. The van der Waals surface area contributed by atoms with Crippen molar-refractivity contribution in [3.8, 4) is 0 Å². The van der Waals surface area contributed by atoms with Crippen molar-refractivity contribution < 1.29 is 0 Å². The molecule has 0 atom stereocenters. The van der Waals surface area contributed by atoms with Crippen molar-refractivity contribution >= 4 is 17.4 Å². The summed E-state index contributed by atoms with van der Waals surface area (Å²) in [6.45, 7) is 3.97. The van der Waals surface area contributed by atoms with Gasteiger partial charge in [0.25, 0.3) is 0 Å². The Bertz CT molecular complexity index is 1590. The van der Waals surface area contributed by atoms with Crippen LogP contribution >= 0.6 is 11.8 Å². The summed E-state index contributed by atoms with van der Waals surface area (Å²) in [6, 6.07) is 51.9. The summed E-state index contributed by atoms with van der Waals surface area (Å²) in [7, 11) is 0. The topological polar surface area (TPSA) is 21.1 Å². The Balaban J connectivity index is 1.36. The lowest BCUT2D eigenvalue weighted by atomic mass is 9.77. The van der Waals surface area contributed by atoms with E-state index in [9.17, 15) is 0 Å². The van der Waals surface area contributed by atoms with Crippen LogP contribution in [0.5, 0.6) is 0 Å². The molecule has 0 amide bonds. The van der Waals surface area contributed by atoms with E-state index in [1.165, 1.54) is 32.2 Å². The summed E-state index contributed by atoms with van der Waals surface area (Å²) in [5.74, 6) is 0. The van der Waals surface area contributed by atoms with Crippen molar-refractivity contribution in [2.45, 2.75) is 41.6 Å². The van der Waals surface area contributed by atoms with Crippen molar-refractivity contribution in [2.75, 3.05) is 11.4 Å². The van der Waals surface area contributed by atoms with Crippen LogP contribution in [0, 0.1) is 0 Å². The molecule has 0 N–H and O–H groups in total. The molecule has 0 saturated carbocycles. The highest BCUT2D eigenvalue weighted by Crippen LogP contribution is 2.41. The zero-order chi connectivity index (χ0) is 29.3. The van der Waals surface area contributed by atoms with Crippen LogP contribution in [-0.2, 0) is 12.1 Å². The fraction of sp³-hybridized carbons (Fsp3) is 0.154. The molecular weight excluding hydrogens is 543 g/mol. The Kier molecular flexibility index (Phi) is 9.05. The van der Waals surface area contributed by atoms with Gasteiger partial charge < -0.3 is 9.47 Å². The molecule has 214 valence electrons. The summed E-state index contributed by atoms with van der Waals surface area (Å²) in [5, 5.41) is 0. The standard InChI is InChI=1S/C39H37N3S/c1-2-3-28-41(36-24-26-38(27-25-36)43-37-22-14-7-15-23-37)29-35-30-42(31-40-35)39(32-16-8-4-9-17-32,33-18-10-5-11-19-33)34-20-12-6-13-21-34/h4-27,30-31H,2-3,28-29H2,1H3. The van der Waals surface area contributed by atoms with E-state index in [0.29, 0.717) is 0 Å². The quantitative estimate of drug-likeness (QED) is 0.135. The molecule has 0 bridgehead atoms. The lowest BCUT2D eigenvalue weighted by Gasteiger charge is -2.37. The van der Waals surface area contributed by atoms with Gasteiger partial charge >= 0.3 is 0 Å². The molecule has 3 nitrogen and oxygen atoms in total. The van der Waals surface area contributed by atoms with Crippen molar-refractivity contribution in [3.63, 3.8) is 0 Å². The number of unbranched alkanes of at least 4 members (excludes halogenated alkanes) is 1. The van der Waals surface area contributed by atoms with Gasteiger partial charge in [-0.25, -0.2) is 4.98 Å². The van der Waals surface area contributed by atoms with Crippen LogP contribution in [0.1, 0.15) is 42.1 Å². The summed E-state index contributed by atoms with van der Waals surface area (Å²) in [5.41, 5.74) is 5.31. The molecular formula is C39H37N3S. The van der Waals surface area contributed by atoms with E-state index in [1.54, 1.807) is 11.8 Å². The molecule has 43 heavy (non-hydrogen) atoms. The van der Waals surface area contributed by atoms with Crippen molar-refractivity contribution in [1.82, 2.24) is 9.55 Å². The maximum Gasteiger partial charge on any atom is 0.121 e. The minimum absolute atomic E-state index is 0.556. The van der Waals surface area contributed by atoms with Crippen LogP contribution in [0.4, 0.5) is 5.69 Å². The molecule has 0 saturated heterocycles. The molecule has 1 heterocycles. The summed E-state index contributed by atoms with van der Waals surface area (Å²) >= 11 is 1.80. The minimum Gasteiger partial charge on any atom is -0.366 e. The highest BCUT2D eigenvalue weighted by molar-refractivity contribution is 7.99. The molecule has 6 rings (SSSR count). The average Bonchev–Trinajstić information content (AvgIpc) is 3.54. The van der Waals surface area contributed by atoms with E-state index in [0.717, 1.165) is 31.6 Å². The number of imidazole rings is 1. The van der Waals surface area contributed by atoms with Crippen LogP contribution in [0.15, 0.2) is 168 Å². The second-order valence-corrected chi connectivity index (χ2v) is 11.9. The third-order valence-corrected chi connectivity index (χ3v) is 8.93. The van der Waals surface area contributed by atoms with E-state index in [4.69, 9.17) is 4.98 Å². The van der Waals surface area contributed by atoms with Crippen molar-refractivity contribution in [1.29, 1.82) is 0 Å². The predicted octanol–water partition coefficient (Wildman–Crippen LogP) is 9.68. The maximum absolute atomic E-state index is 5.02. The van der Waals surface area contributed by atoms with Gasteiger partial charge in [0.1, 0.15) is 5.54 Å². The highest BCUT2D eigenvalue weighted by atomic mass is 32.2. The lowest BCUT2D eigenvalue weighted by molar-refractivity contribution is 0.514. The molecule has 0 unspecified atom stereocenters. The number of anilines is 1. The third-order valence-electron chi connectivity index (χ3n) is 7.91. The van der Waals surface area contributed by atoms with Crippen molar-refractivity contribution in [3.05, 3.63) is 181 Å². The van der Waals surface area contributed by atoms with Gasteiger partial charge in [-0.2, -0.15) is 0 Å². The van der Waals surface area contributed by atoms with Crippen LogP contribution in [0.25, 0.3) is 0 Å². The monoisotopic (exact) mass is 579 g/mol. The predicted molar refractivity (Wildman–Crippen MR) is 180 cm³/mol. The number of nitrogens with zero attached hydrogens (tertiary/aromatic N) is 3. The average molecular weight is 580 g/mol. The Morgan fingerprint density at radius 2 is 1.12 bits per heavy atom. The maximum atomic E-state index is 5.02. The van der Waals surface area contributed by atoms with Gasteiger partial charge in [-0.3, -0.25) is 0 Å². The molecule has 1 aromatic heterocycles. The lowest BCUT2D eigenvalue weighted by Crippen LogP contribution is -2.37. The second-order valence-electron chi connectivity index (χ2n) is 10.8. The molecule has 0 radical (unpaired) electrons. The van der Waals surface area contributed by atoms with E-state index >= 15 is 0 Å². The summed E-state index contributed by atoms with van der Waals surface area (Å²) < 4.78 is 2.31.